The fourth-order valence-corrected chi connectivity index (χ4v) is 2.81. The zero-order chi connectivity index (χ0) is 18.8. The highest BCUT2D eigenvalue weighted by molar-refractivity contribution is 6.06. The number of amides is 1. The molecular formula is C19H19N3O4. The van der Waals surface area contributed by atoms with Crippen LogP contribution < -0.4 is 10.7 Å². The molecule has 7 heteroatoms. The normalized spacial score (nSPS) is 11.2. The van der Waals surface area contributed by atoms with E-state index in [1.165, 1.54) is 18.2 Å². The SMILES string of the molecule is CN(C)CCNC(=O)c1ccc2[nH]c3c(C(=O)O)cccc3c(=O)c2c1. The number of hydrogen-bond donors (Lipinski definition) is 3. The minimum Gasteiger partial charge on any atom is -0.478 e. The van der Waals surface area contributed by atoms with E-state index in [1.807, 2.05) is 19.0 Å². The number of carboxylic acids is 1. The molecule has 1 amide bonds. The second kappa shape index (κ2) is 6.97. The number of aromatic carboxylic acids is 1. The third-order valence-electron chi connectivity index (χ3n) is 4.17. The Bertz CT molecular complexity index is 1070. The molecule has 0 spiro atoms. The fraction of sp³-hybridized carbons (Fsp3) is 0.211. The predicted molar refractivity (Wildman–Crippen MR) is 99.9 cm³/mol. The topological polar surface area (TPSA) is 102 Å². The number of aromatic amines is 1. The van der Waals surface area contributed by atoms with Crippen LogP contribution >= 0.6 is 0 Å². The van der Waals surface area contributed by atoms with E-state index in [4.69, 9.17) is 0 Å². The van der Waals surface area contributed by atoms with E-state index in [0.717, 1.165) is 0 Å². The van der Waals surface area contributed by atoms with Crippen molar-refractivity contribution in [1.82, 2.24) is 15.2 Å². The second-order valence-electron chi connectivity index (χ2n) is 6.31. The van der Waals surface area contributed by atoms with Crippen molar-refractivity contribution in [1.29, 1.82) is 0 Å². The van der Waals surface area contributed by atoms with Gasteiger partial charge in [0.1, 0.15) is 0 Å². The summed E-state index contributed by atoms with van der Waals surface area (Å²) < 4.78 is 0. The molecule has 3 aromatic rings. The first-order valence-corrected chi connectivity index (χ1v) is 8.13. The number of carboxylic acid groups (broad SMARTS) is 1. The Labute approximate surface area is 149 Å². The number of H-pyrrole nitrogens is 1. The van der Waals surface area contributed by atoms with E-state index < -0.39 is 5.97 Å². The van der Waals surface area contributed by atoms with E-state index in [2.05, 4.69) is 10.3 Å². The molecule has 1 aromatic heterocycles. The Morgan fingerprint density at radius 2 is 1.92 bits per heavy atom. The Balaban J connectivity index is 2.06. The summed E-state index contributed by atoms with van der Waals surface area (Å²) in [6.07, 6.45) is 0. The highest BCUT2D eigenvalue weighted by Gasteiger charge is 2.14. The van der Waals surface area contributed by atoms with Gasteiger partial charge in [-0.1, -0.05) is 6.07 Å². The van der Waals surface area contributed by atoms with Crippen molar-refractivity contribution in [2.24, 2.45) is 0 Å². The highest BCUT2D eigenvalue weighted by atomic mass is 16.4. The predicted octanol–water partition coefficient (Wildman–Crippen LogP) is 1.67. The van der Waals surface area contributed by atoms with Crippen LogP contribution in [-0.2, 0) is 0 Å². The zero-order valence-electron chi connectivity index (χ0n) is 14.5. The van der Waals surface area contributed by atoms with E-state index in [0.29, 0.717) is 29.6 Å². The molecule has 0 saturated heterocycles. The molecule has 0 saturated carbocycles. The number of pyridine rings is 1. The molecule has 3 N–H and O–H groups in total. The maximum Gasteiger partial charge on any atom is 0.337 e. The second-order valence-corrected chi connectivity index (χ2v) is 6.31. The lowest BCUT2D eigenvalue weighted by Gasteiger charge is -2.11. The Kier molecular flexibility index (Phi) is 4.73. The van der Waals surface area contributed by atoms with Crippen LogP contribution in [0.4, 0.5) is 0 Å². The van der Waals surface area contributed by atoms with Crippen LogP contribution in [0.25, 0.3) is 21.8 Å². The molecule has 2 aromatic carbocycles. The average molecular weight is 353 g/mol. The molecule has 0 fully saturated rings. The number of para-hydroxylation sites is 1. The van der Waals surface area contributed by atoms with E-state index in [-0.39, 0.29) is 27.8 Å². The minimum atomic E-state index is -1.11. The summed E-state index contributed by atoms with van der Waals surface area (Å²) in [6, 6.07) is 9.31. The van der Waals surface area contributed by atoms with Gasteiger partial charge in [-0.05, 0) is 44.4 Å². The summed E-state index contributed by atoms with van der Waals surface area (Å²) in [5, 5.41) is 12.7. The first-order chi connectivity index (χ1) is 12.4. The molecule has 0 aliphatic heterocycles. The molecule has 0 unspecified atom stereocenters. The molecule has 3 rings (SSSR count). The number of carbonyl (C=O) groups excluding carboxylic acids is 1. The van der Waals surface area contributed by atoms with E-state index in [9.17, 15) is 19.5 Å². The van der Waals surface area contributed by atoms with Crippen LogP contribution in [-0.4, -0.2) is 54.1 Å². The number of carbonyl (C=O) groups is 2. The third kappa shape index (κ3) is 3.29. The van der Waals surface area contributed by atoms with Gasteiger partial charge in [-0.3, -0.25) is 9.59 Å². The van der Waals surface area contributed by atoms with Crippen molar-refractivity contribution in [3.05, 3.63) is 57.7 Å². The number of nitrogens with zero attached hydrogens (tertiary/aromatic N) is 1. The lowest BCUT2D eigenvalue weighted by molar-refractivity contribution is 0.0698. The third-order valence-corrected chi connectivity index (χ3v) is 4.17. The number of benzene rings is 2. The van der Waals surface area contributed by atoms with E-state index in [1.54, 1.807) is 18.2 Å². The number of hydrogen-bond acceptors (Lipinski definition) is 4. The van der Waals surface area contributed by atoms with Crippen molar-refractivity contribution in [3.8, 4) is 0 Å². The molecule has 7 nitrogen and oxygen atoms in total. The van der Waals surface area contributed by atoms with Gasteiger partial charge in [0.15, 0.2) is 5.43 Å². The summed E-state index contributed by atoms with van der Waals surface area (Å²) in [7, 11) is 3.83. The fourth-order valence-electron chi connectivity index (χ4n) is 2.81. The number of rotatable bonds is 5. The standard InChI is InChI=1S/C19H19N3O4/c1-22(2)9-8-20-18(24)11-6-7-15-14(10-11)17(23)12-4-3-5-13(19(25)26)16(12)21-15/h3-7,10H,8-9H2,1-2H3,(H,20,24)(H,21,23)(H,25,26). The summed E-state index contributed by atoms with van der Waals surface area (Å²) in [4.78, 5) is 41.4. The summed E-state index contributed by atoms with van der Waals surface area (Å²) in [5.41, 5.74) is 0.879. The van der Waals surface area contributed by atoms with Gasteiger partial charge < -0.3 is 20.3 Å². The molecule has 0 atom stereocenters. The van der Waals surface area contributed by atoms with Gasteiger partial charge >= 0.3 is 5.97 Å². The van der Waals surface area contributed by atoms with Crippen molar-refractivity contribution in [3.63, 3.8) is 0 Å². The van der Waals surface area contributed by atoms with Crippen LogP contribution in [0.2, 0.25) is 0 Å². The van der Waals surface area contributed by atoms with Crippen molar-refractivity contribution >= 4 is 33.7 Å². The van der Waals surface area contributed by atoms with E-state index >= 15 is 0 Å². The van der Waals surface area contributed by atoms with Gasteiger partial charge in [-0.25, -0.2) is 4.79 Å². The van der Waals surface area contributed by atoms with Crippen molar-refractivity contribution < 1.29 is 14.7 Å². The number of nitrogens with one attached hydrogen (secondary N) is 2. The molecule has 0 radical (unpaired) electrons. The number of aromatic nitrogens is 1. The van der Waals surface area contributed by atoms with Gasteiger partial charge in [0, 0.05) is 34.9 Å². The van der Waals surface area contributed by atoms with Crippen LogP contribution in [0.15, 0.2) is 41.2 Å². The van der Waals surface area contributed by atoms with Crippen molar-refractivity contribution in [2.45, 2.75) is 0 Å². The maximum atomic E-state index is 12.8. The highest BCUT2D eigenvalue weighted by Crippen LogP contribution is 2.19. The van der Waals surface area contributed by atoms with Crippen LogP contribution in [0.1, 0.15) is 20.7 Å². The lowest BCUT2D eigenvalue weighted by Crippen LogP contribution is -2.31. The van der Waals surface area contributed by atoms with Gasteiger partial charge in [0.05, 0.1) is 11.1 Å². The number of fused-ring (bicyclic) bond motifs is 2. The Morgan fingerprint density at radius 1 is 1.15 bits per heavy atom. The molecule has 0 aliphatic rings. The van der Waals surface area contributed by atoms with Crippen molar-refractivity contribution in [2.75, 3.05) is 27.2 Å². The van der Waals surface area contributed by atoms with Crippen LogP contribution in [0.3, 0.4) is 0 Å². The number of likely N-dealkylation sites (N-methyl/N-ethyl adjacent to an activating group) is 1. The van der Waals surface area contributed by atoms with Crippen LogP contribution in [0.5, 0.6) is 0 Å². The maximum absolute atomic E-state index is 12.8. The van der Waals surface area contributed by atoms with Crippen LogP contribution in [0, 0.1) is 0 Å². The quantitative estimate of drug-likeness (QED) is 0.606. The smallest absolute Gasteiger partial charge is 0.337 e. The Morgan fingerprint density at radius 3 is 2.62 bits per heavy atom. The van der Waals surface area contributed by atoms with Gasteiger partial charge in [-0.2, -0.15) is 0 Å². The largest absolute Gasteiger partial charge is 0.478 e. The molecule has 26 heavy (non-hydrogen) atoms. The molecule has 0 bridgehead atoms. The summed E-state index contributed by atoms with van der Waals surface area (Å²) in [6.45, 7) is 1.21. The summed E-state index contributed by atoms with van der Waals surface area (Å²) in [5.74, 6) is -1.37. The van der Waals surface area contributed by atoms with Gasteiger partial charge in [-0.15, -0.1) is 0 Å². The lowest BCUT2D eigenvalue weighted by atomic mass is 10.0. The molecular weight excluding hydrogens is 334 g/mol. The zero-order valence-corrected chi connectivity index (χ0v) is 14.5. The average Bonchev–Trinajstić information content (AvgIpc) is 2.60. The Hall–Kier alpha value is -3.19. The molecule has 0 aliphatic carbocycles. The van der Waals surface area contributed by atoms with Gasteiger partial charge in [0.2, 0.25) is 0 Å². The first kappa shape index (κ1) is 17.6. The van der Waals surface area contributed by atoms with Gasteiger partial charge in [0.25, 0.3) is 5.91 Å². The molecule has 1 heterocycles. The summed E-state index contributed by atoms with van der Waals surface area (Å²) >= 11 is 0. The monoisotopic (exact) mass is 353 g/mol. The minimum absolute atomic E-state index is 0.0343. The first-order valence-electron chi connectivity index (χ1n) is 8.13. The molecule has 134 valence electrons.